The number of nitrogens with zero attached hydrogens (tertiary/aromatic N) is 2. The Balaban J connectivity index is 0. The molecule has 0 aromatic heterocycles. The fraction of sp³-hybridized carbons (Fsp3) is 0.406. The molecule has 0 N–H and O–H groups in total. The van der Waals surface area contributed by atoms with E-state index in [4.69, 9.17) is 0 Å². The van der Waals surface area contributed by atoms with E-state index >= 15 is 0 Å². The van der Waals surface area contributed by atoms with Gasteiger partial charge in [0.1, 0.15) is 13.1 Å². The van der Waals surface area contributed by atoms with Crippen molar-refractivity contribution in [3.05, 3.63) is 109 Å². The molecule has 2 aromatic rings. The van der Waals surface area contributed by atoms with Gasteiger partial charge in [0.05, 0.1) is 47.2 Å². The summed E-state index contributed by atoms with van der Waals surface area (Å²) < 4.78 is 1.93. The largest absolute Gasteiger partial charge is 1.00 e. The van der Waals surface area contributed by atoms with E-state index in [-0.39, 0.29) is 12.4 Å². The number of likely N-dealkylation sites (N-methyl/N-ethyl adjacent to an activating group) is 2. The molecular weight excluding hydrogens is 480 g/mol. The quantitative estimate of drug-likeness (QED) is 0.184. The molecule has 2 rings (SSSR count). The Bertz CT molecular complexity index is 847. The standard InChI is InChI=1S/2C12H18N.C8H14O2.ClH/c2*1-4-10-13(2,3)11-12-8-6-5-7-9-12;1-3-4-5-6-7(2)8(9)10;/h2*4-9H,1,10-11H2,2-3H3;6H,3-5H2,1-2H3,(H,9,10);1H/q2*+1;;/p-2. The maximum absolute atomic E-state index is 10.1. The molecule has 37 heavy (non-hydrogen) atoms. The zero-order valence-corrected chi connectivity index (χ0v) is 24.7. The number of allylic oxidation sites excluding steroid dienone is 1. The lowest BCUT2D eigenvalue weighted by molar-refractivity contribution is -0.897. The van der Waals surface area contributed by atoms with Gasteiger partial charge in [-0.1, -0.05) is 99.7 Å². The van der Waals surface area contributed by atoms with Crippen LogP contribution in [-0.2, 0) is 17.9 Å². The van der Waals surface area contributed by atoms with Crippen LogP contribution in [0.4, 0.5) is 0 Å². The van der Waals surface area contributed by atoms with Crippen LogP contribution in [0.25, 0.3) is 0 Å². The van der Waals surface area contributed by atoms with Gasteiger partial charge in [-0.2, -0.15) is 0 Å². The first kappa shape index (κ1) is 36.5. The minimum atomic E-state index is -1.06. The fourth-order valence-electron chi connectivity index (χ4n) is 3.59. The third kappa shape index (κ3) is 20.1. The summed E-state index contributed by atoms with van der Waals surface area (Å²) in [6.45, 7) is 15.3. The van der Waals surface area contributed by atoms with Crippen LogP contribution in [0.5, 0.6) is 0 Å². The van der Waals surface area contributed by atoms with E-state index in [9.17, 15) is 9.90 Å². The number of carbonyl (C=O) groups is 1. The van der Waals surface area contributed by atoms with Crippen LogP contribution >= 0.6 is 0 Å². The van der Waals surface area contributed by atoms with Crippen LogP contribution in [0.1, 0.15) is 44.2 Å². The van der Waals surface area contributed by atoms with Crippen LogP contribution in [-0.4, -0.2) is 56.2 Å². The lowest BCUT2D eigenvalue weighted by Crippen LogP contribution is -3.00. The van der Waals surface area contributed by atoms with Gasteiger partial charge in [-0.15, -0.1) is 0 Å². The molecule has 4 nitrogen and oxygen atoms in total. The van der Waals surface area contributed by atoms with Gasteiger partial charge in [0.15, 0.2) is 0 Å². The maximum atomic E-state index is 10.1. The van der Waals surface area contributed by atoms with Crippen molar-refractivity contribution >= 4 is 5.97 Å². The van der Waals surface area contributed by atoms with E-state index in [0.29, 0.717) is 5.57 Å². The highest BCUT2D eigenvalue weighted by Gasteiger charge is 2.13. The number of rotatable bonds is 12. The number of quaternary nitrogens is 2. The van der Waals surface area contributed by atoms with Crippen molar-refractivity contribution in [2.45, 2.75) is 46.2 Å². The molecule has 0 radical (unpaired) electrons. The summed E-state index contributed by atoms with van der Waals surface area (Å²) in [6, 6.07) is 21.1. The van der Waals surface area contributed by atoms with Crippen molar-refractivity contribution in [2.24, 2.45) is 0 Å². The number of carboxylic acids is 1. The van der Waals surface area contributed by atoms with Gasteiger partial charge in [0, 0.05) is 11.1 Å². The Morgan fingerprint density at radius 2 is 1.19 bits per heavy atom. The monoisotopic (exact) mass is 528 g/mol. The van der Waals surface area contributed by atoms with Crippen molar-refractivity contribution in [3.8, 4) is 0 Å². The van der Waals surface area contributed by atoms with Crippen LogP contribution in [0, 0.1) is 0 Å². The second-order valence-electron chi connectivity index (χ2n) is 10.4. The summed E-state index contributed by atoms with van der Waals surface area (Å²) in [5.74, 6) is -1.06. The molecule has 206 valence electrons. The average Bonchev–Trinajstić information content (AvgIpc) is 2.80. The molecule has 0 aliphatic carbocycles. The van der Waals surface area contributed by atoms with Gasteiger partial charge >= 0.3 is 0 Å². The molecule has 0 saturated carbocycles. The second-order valence-corrected chi connectivity index (χ2v) is 10.4. The Morgan fingerprint density at radius 1 is 0.811 bits per heavy atom. The van der Waals surface area contributed by atoms with Crippen LogP contribution < -0.4 is 17.5 Å². The predicted molar refractivity (Wildman–Crippen MR) is 153 cm³/mol. The number of carboxylic acid groups (broad SMARTS) is 1. The van der Waals surface area contributed by atoms with Crippen molar-refractivity contribution in [2.75, 3.05) is 41.3 Å². The van der Waals surface area contributed by atoms with Crippen LogP contribution in [0.15, 0.2) is 97.6 Å². The van der Waals surface area contributed by atoms with Gasteiger partial charge in [-0.3, -0.25) is 0 Å². The Labute approximate surface area is 233 Å². The lowest BCUT2D eigenvalue weighted by atomic mass is 10.2. The molecule has 5 heteroatoms. The molecule has 2 aromatic carbocycles. The number of carbonyl (C=O) groups excluding carboxylic acids is 1. The number of unbranched alkanes of at least 4 members (excludes halogenated alkanes) is 2. The molecule has 0 fully saturated rings. The number of halogens is 1. The number of benzene rings is 2. The Hall–Kier alpha value is -2.66. The first-order valence-electron chi connectivity index (χ1n) is 12.8. The first-order valence-corrected chi connectivity index (χ1v) is 12.8. The van der Waals surface area contributed by atoms with Crippen molar-refractivity contribution in [1.29, 1.82) is 0 Å². The zero-order valence-electron chi connectivity index (χ0n) is 24.0. The Kier molecular flexibility index (Phi) is 20.1. The van der Waals surface area contributed by atoms with E-state index in [1.54, 1.807) is 13.0 Å². The van der Waals surface area contributed by atoms with Crippen molar-refractivity contribution < 1.29 is 31.3 Å². The first-order chi connectivity index (χ1) is 17.0. The van der Waals surface area contributed by atoms with E-state index < -0.39 is 5.97 Å². The van der Waals surface area contributed by atoms with Crippen molar-refractivity contribution in [3.63, 3.8) is 0 Å². The molecule has 0 aliphatic heterocycles. The summed E-state index contributed by atoms with van der Waals surface area (Å²) >= 11 is 0. The molecule has 0 unspecified atom stereocenters. The molecule has 0 spiro atoms. The minimum absolute atomic E-state index is 0. The smallest absolute Gasteiger partial charge is 0.104 e. The van der Waals surface area contributed by atoms with E-state index in [2.05, 4.69) is 109 Å². The average molecular weight is 529 g/mol. The highest BCUT2D eigenvalue weighted by molar-refractivity contribution is 5.83. The molecule has 0 aliphatic rings. The summed E-state index contributed by atoms with van der Waals surface area (Å²) in [7, 11) is 8.87. The van der Waals surface area contributed by atoms with Crippen molar-refractivity contribution in [1.82, 2.24) is 0 Å². The molecule has 0 amide bonds. The van der Waals surface area contributed by atoms with Gasteiger partial charge < -0.3 is 31.3 Å². The molecular formula is C32H49ClN2O2. The fourth-order valence-corrected chi connectivity index (χ4v) is 3.59. The van der Waals surface area contributed by atoms with E-state index in [0.717, 1.165) is 54.4 Å². The van der Waals surface area contributed by atoms with Crippen LogP contribution in [0.3, 0.4) is 0 Å². The third-order valence-corrected chi connectivity index (χ3v) is 5.48. The van der Waals surface area contributed by atoms with E-state index in [1.165, 1.54) is 11.1 Å². The summed E-state index contributed by atoms with van der Waals surface area (Å²) in [6.07, 6.45) is 8.64. The molecule has 0 heterocycles. The minimum Gasteiger partial charge on any atom is -1.00 e. The summed E-state index contributed by atoms with van der Waals surface area (Å²) in [5, 5.41) is 10.1. The van der Waals surface area contributed by atoms with Gasteiger partial charge in [0.2, 0.25) is 0 Å². The zero-order chi connectivity index (χ0) is 27.5. The molecule has 0 atom stereocenters. The SMILES string of the molecule is C=CC[N+](C)(C)Cc1ccccc1.C=CC[N+](C)(C)Cc1ccccc1.CCCCC=C(C)C(=O)[O-].[Cl-]. The Morgan fingerprint density at radius 3 is 1.49 bits per heavy atom. The second kappa shape index (κ2) is 20.4. The number of hydrogen-bond donors (Lipinski definition) is 0. The molecule has 0 bridgehead atoms. The number of aliphatic carboxylic acids is 1. The third-order valence-electron chi connectivity index (χ3n) is 5.48. The highest BCUT2D eigenvalue weighted by atomic mass is 35.5. The highest BCUT2D eigenvalue weighted by Crippen LogP contribution is 2.09. The van der Waals surface area contributed by atoms with Gasteiger partial charge in [-0.25, -0.2) is 0 Å². The van der Waals surface area contributed by atoms with Crippen LogP contribution in [0.2, 0.25) is 0 Å². The number of hydrogen-bond acceptors (Lipinski definition) is 2. The summed E-state index contributed by atoms with van der Waals surface area (Å²) in [4.78, 5) is 10.1. The topological polar surface area (TPSA) is 40.1 Å². The predicted octanol–water partition coefficient (Wildman–Crippen LogP) is 2.77. The summed E-state index contributed by atoms with van der Waals surface area (Å²) in [5.41, 5.74) is 3.11. The molecule has 0 saturated heterocycles. The maximum Gasteiger partial charge on any atom is 0.104 e. The normalized spacial score (nSPS) is 11.0. The van der Waals surface area contributed by atoms with Gasteiger partial charge in [0.25, 0.3) is 0 Å². The lowest BCUT2D eigenvalue weighted by Gasteiger charge is -2.28. The van der Waals surface area contributed by atoms with E-state index in [1.807, 2.05) is 12.2 Å². The van der Waals surface area contributed by atoms with Gasteiger partial charge in [-0.05, 0) is 31.1 Å².